The summed E-state index contributed by atoms with van der Waals surface area (Å²) in [7, 11) is 0. The van der Waals surface area contributed by atoms with Gasteiger partial charge in [-0.05, 0) is 24.8 Å². The van der Waals surface area contributed by atoms with Crippen LogP contribution in [0.3, 0.4) is 0 Å². The third-order valence-electron chi connectivity index (χ3n) is 3.84. The summed E-state index contributed by atoms with van der Waals surface area (Å²) in [6.07, 6.45) is 3.13. The zero-order valence-corrected chi connectivity index (χ0v) is 10.6. The van der Waals surface area contributed by atoms with Crippen LogP contribution in [0.2, 0.25) is 5.02 Å². The largest absolute Gasteiger partial charge is 0.454 e. The molecule has 3 rings (SSSR count). The summed E-state index contributed by atoms with van der Waals surface area (Å²) in [4.78, 5) is 0. The molecular weight excluding hydrogens is 238 g/mol. The van der Waals surface area contributed by atoms with Gasteiger partial charge in [-0.15, -0.1) is 0 Å². The Morgan fingerprint density at radius 1 is 1.41 bits per heavy atom. The highest BCUT2D eigenvalue weighted by Crippen LogP contribution is 2.54. The van der Waals surface area contributed by atoms with Gasteiger partial charge < -0.3 is 15.2 Å². The summed E-state index contributed by atoms with van der Waals surface area (Å²) >= 11 is 6.40. The first-order chi connectivity index (χ1) is 8.22. The van der Waals surface area contributed by atoms with E-state index in [0.717, 1.165) is 35.8 Å². The summed E-state index contributed by atoms with van der Waals surface area (Å²) in [5, 5.41) is 0.772. The minimum absolute atomic E-state index is 0.0867. The standard InChI is InChI=1S/C13H16ClNO2/c1-2-8-11(13(6-15)3-4-13)9(14)5-10-12(8)17-7-16-10/h5H,2-4,6-7,15H2,1H3. The van der Waals surface area contributed by atoms with Crippen LogP contribution in [0.4, 0.5) is 0 Å². The molecule has 2 N–H and O–H groups in total. The van der Waals surface area contributed by atoms with Gasteiger partial charge in [-0.2, -0.15) is 0 Å². The molecule has 0 unspecified atom stereocenters. The van der Waals surface area contributed by atoms with Gasteiger partial charge >= 0.3 is 0 Å². The number of halogens is 1. The fraction of sp³-hybridized carbons (Fsp3) is 0.538. The summed E-state index contributed by atoms with van der Waals surface area (Å²) in [5.41, 5.74) is 8.36. The lowest BCUT2D eigenvalue weighted by Crippen LogP contribution is -2.22. The highest BCUT2D eigenvalue weighted by Gasteiger charge is 2.46. The highest BCUT2D eigenvalue weighted by atomic mass is 35.5. The van der Waals surface area contributed by atoms with Gasteiger partial charge in [-0.1, -0.05) is 18.5 Å². The molecule has 0 amide bonds. The number of hydrogen-bond donors (Lipinski definition) is 1. The van der Waals surface area contributed by atoms with E-state index in [1.165, 1.54) is 11.1 Å². The van der Waals surface area contributed by atoms with Crippen LogP contribution in [-0.4, -0.2) is 13.3 Å². The van der Waals surface area contributed by atoms with E-state index in [-0.39, 0.29) is 12.2 Å². The minimum atomic E-state index is 0.0867. The fourth-order valence-electron chi connectivity index (χ4n) is 2.69. The van der Waals surface area contributed by atoms with Crippen molar-refractivity contribution in [2.24, 2.45) is 5.73 Å². The van der Waals surface area contributed by atoms with Gasteiger partial charge in [-0.3, -0.25) is 0 Å². The van der Waals surface area contributed by atoms with E-state index >= 15 is 0 Å². The van der Waals surface area contributed by atoms with Gasteiger partial charge in [0.1, 0.15) is 0 Å². The molecule has 0 atom stereocenters. The summed E-state index contributed by atoms with van der Waals surface area (Å²) < 4.78 is 11.0. The number of rotatable bonds is 3. The normalized spacial score (nSPS) is 19.5. The number of nitrogens with two attached hydrogens (primary N) is 1. The van der Waals surface area contributed by atoms with Crippen molar-refractivity contribution in [1.82, 2.24) is 0 Å². The summed E-state index contributed by atoms with van der Waals surface area (Å²) in [6.45, 7) is 3.06. The number of fused-ring (bicyclic) bond motifs is 1. The fourth-order valence-corrected chi connectivity index (χ4v) is 3.11. The molecule has 0 aromatic heterocycles. The monoisotopic (exact) mass is 253 g/mol. The molecule has 3 nitrogen and oxygen atoms in total. The first-order valence-corrected chi connectivity index (χ1v) is 6.41. The molecule has 1 aromatic carbocycles. The molecule has 2 aliphatic rings. The maximum Gasteiger partial charge on any atom is 0.231 e. The molecule has 1 aliphatic heterocycles. The van der Waals surface area contributed by atoms with Gasteiger partial charge in [0.05, 0.1) is 0 Å². The van der Waals surface area contributed by atoms with Crippen LogP contribution in [0.5, 0.6) is 11.5 Å². The van der Waals surface area contributed by atoms with Crippen molar-refractivity contribution in [1.29, 1.82) is 0 Å². The molecule has 1 aliphatic carbocycles. The molecule has 0 saturated heterocycles. The molecule has 0 radical (unpaired) electrons. The van der Waals surface area contributed by atoms with Crippen LogP contribution >= 0.6 is 11.6 Å². The first kappa shape index (κ1) is 11.2. The van der Waals surface area contributed by atoms with Crippen molar-refractivity contribution >= 4 is 11.6 Å². The predicted octanol–water partition coefficient (Wildman–Crippen LogP) is 2.62. The van der Waals surface area contributed by atoms with Crippen LogP contribution in [0.25, 0.3) is 0 Å². The Labute approximate surface area is 106 Å². The zero-order chi connectivity index (χ0) is 12.0. The average Bonchev–Trinajstić information content (AvgIpc) is 2.99. The van der Waals surface area contributed by atoms with Crippen molar-refractivity contribution in [3.8, 4) is 11.5 Å². The van der Waals surface area contributed by atoms with E-state index < -0.39 is 0 Å². The third kappa shape index (κ3) is 1.53. The SMILES string of the molecule is CCc1c2c(cc(Cl)c1C1(CN)CC1)OCO2. The number of ether oxygens (including phenoxy) is 2. The van der Waals surface area contributed by atoms with Gasteiger partial charge in [-0.25, -0.2) is 0 Å². The molecule has 92 valence electrons. The van der Waals surface area contributed by atoms with E-state index in [2.05, 4.69) is 6.92 Å². The second-order valence-corrected chi connectivity index (χ2v) is 5.19. The lowest BCUT2D eigenvalue weighted by molar-refractivity contribution is 0.173. The van der Waals surface area contributed by atoms with Gasteiger partial charge in [0, 0.05) is 28.6 Å². The van der Waals surface area contributed by atoms with Crippen molar-refractivity contribution in [3.63, 3.8) is 0 Å². The number of benzene rings is 1. The van der Waals surface area contributed by atoms with Crippen LogP contribution in [0, 0.1) is 0 Å². The average molecular weight is 254 g/mol. The Bertz CT molecular complexity index is 469. The van der Waals surface area contributed by atoms with E-state index in [1.807, 2.05) is 6.07 Å². The topological polar surface area (TPSA) is 44.5 Å². The Morgan fingerprint density at radius 3 is 2.76 bits per heavy atom. The maximum atomic E-state index is 6.40. The van der Waals surface area contributed by atoms with Crippen LogP contribution < -0.4 is 15.2 Å². The van der Waals surface area contributed by atoms with E-state index in [1.54, 1.807) is 0 Å². The van der Waals surface area contributed by atoms with Gasteiger partial charge in [0.2, 0.25) is 6.79 Å². The van der Waals surface area contributed by atoms with E-state index in [4.69, 9.17) is 26.8 Å². The third-order valence-corrected chi connectivity index (χ3v) is 4.14. The van der Waals surface area contributed by atoms with Gasteiger partial charge in [0.25, 0.3) is 0 Å². The number of hydrogen-bond acceptors (Lipinski definition) is 3. The highest BCUT2D eigenvalue weighted by molar-refractivity contribution is 6.32. The van der Waals surface area contributed by atoms with E-state index in [0.29, 0.717) is 6.54 Å². The summed E-state index contributed by atoms with van der Waals surface area (Å²) in [6, 6.07) is 1.87. The van der Waals surface area contributed by atoms with E-state index in [9.17, 15) is 0 Å². The first-order valence-electron chi connectivity index (χ1n) is 6.03. The Balaban J connectivity index is 2.20. The van der Waals surface area contributed by atoms with Crippen molar-refractivity contribution in [2.75, 3.05) is 13.3 Å². The zero-order valence-electron chi connectivity index (χ0n) is 9.88. The van der Waals surface area contributed by atoms with Crippen LogP contribution in [0.15, 0.2) is 6.07 Å². The molecule has 4 heteroatoms. The smallest absolute Gasteiger partial charge is 0.231 e. The Kier molecular flexibility index (Phi) is 2.49. The summed E-state index contributed by atoms with van der Waals surface area (Å²) in [5.74, 6) is 1.63. The Morgan fingerprint density at radius 2 is 2.18 bits per heavy atom. The lowest BCUT2D eigenvalue weighted by atomic mass is 9.89. The molecule has 1 fully saturated rings. The molecule has 0 bridgehead atoms. The maximum absolute atomic E-state index is 6.40. The molecule has 17 heavy (non-hydrogen) atoms. The predicted molar refractivity (Wildman–Crippen MR) is 66.9 cm³/mol. The van der Waals surface area contributed by atoms with Crippen LogP contribution in [-0.2, 0) is 11.8 Å². The molecule has 1 aromatic rings. The Hall–Kier alpha value is -0.930. The van der Waals surface area contributed by atoms with Crippen LogP contribution in [0.1, 0.15) is 30.9 Å². The minimum Gasteiger partial charge on any atom is -0.454 e. The second kappa shape index (κ2) is 3.79. The lowest BCUT2D eigenvalue weighted by Gasteiger charge is -2.20. The molecule has 0 spiro atoms. The van der Waals surface area contributed by atoms with Gasteiger partial charge in [0.15, 0.2) is 11.5 Å². The van der Waals surface area contributed by atoms with Crippen molar-refractivity contribution < 1.29 is 9.47 Å². The molecule has 1 saturated carbocycles. The van der Waals surface area contributed by atoms with Crippen molar-refractivity contribution in [2.45, 2.75) is 31.6 Å². The van der Waals surface area contributed by atoms with Crippen molar-refractivity contribution in [3.05, 3.63) is 22.2 Å². The molecular formula is C13H16ClNO2. The molecule has 1 heterocycles. The second-order valence-electron chi connectivity index (χ2n) is 4.78. The quantitative estimate of drug-likeness (QED) is 0.901.